The Labute approximate surface area is 438 Å². The van der Waals surface area contributed by atoms with E-state index in [4.69, 9.17) is 73.6 Å². The summed E-state index contributed by atoms with van der Waals surface area (Å²) in [7, 11) is 0. The van der Waals surface area contributed by atoms with Crippen molar-refractivity contribution in [2.75, 3.05) is 61.0 Å². The monoisotopic (exact) mass is 978 g/mol. The van der Waals surface area contributed by atoms with Crippen molar-refractivity contribution in [2.45, 2.75) is 38.5 Å². The first-order chi connectivity index (χ1) is 30.0. The second-order valence-electron chi connectivity index (χ2n) is 15.5. The van der Waals surface area contributed by atoms with Crippen LogP contribution in [0.4, 0.5) is 23.3 Å². The Morgan fingerprint density at radius 3 is 1.28 bits per heavy atom. The first kappa shape index (κ1) is 55.0. The van der Waals surface area contributed by atoms with Crippen molar-refractivity contribution in [1.82, 2.24) is 19.9 Å². The smallest absolute Gasteiger partial charge is 0.550 e. The van der Waals surface area contributed by atoms with Crippen LogP contribution in [0.5, 0.6) is 23.0 Å². The third-order valence-corrected chi connectivity index (χ3v) is 12.3. The number of carbonyl (C=O) groups is 2. The molecule has 67 heavy (non-hydrogen) atoms. The molecule has 23 heteroatoms. The van der Waals surface area contributed by atoms with Crippen LogP contribution >= 0.6 is 23.2 Å². The average Bonchev–Trinajstić information content (AvgIpc) is 3.96. The molecule has 0 unspecified atom stereocenters. The number of halogens is 2. The molecule has 4 aromatic carbocycles. The van der Waals surface area contributed by atoms with Crippen molar-refractivity contribution >= 4 is 80.2 Å². The minimum Gasteiger partial charge on any atom is -0.550 e. The topological polar surface area (TPSA) is 322 Å². The number of hydrogen-bond donors (Lipinski definition) is 2. The Kier molecular flexibility index (Phi) is 19.3. The van der Waals surface area contributed by atoms with E-state index in [0.29, 0.717) is 121 Å². The van der Waals surface area contributed by atoms with Gasteiger partial charge in [0.15, 0.2) is 23.0 Å². The molecular formula is C44H46Cl2N8Na2O11. The summed E-state index contributed by atoms with van der Waals surface area (Å²) in [4.78, 5) is 45.4. The van der Waals surface area contributed by atoms with E-state index in [1.807, 2.05) is 58.3 Å². The molecule has 4 aliphatic rings. The number of piperidine rings is 2. The zero-order chi connectivity index (χ0) is 43.1. The van der Waals surface area contributed by atoms with Crippen molar-refractivity contribution < 1.29 is 114 Å². The number of nitrogen functional groups attached to an aromatic ring is 2. The SMILES string of the molecule is Nc1c(Cl)ccc2nc(N3CCC(C(=O)[O-])CC3)nc(Cc3ccc4c(c3)OCO4)c12.Nc1c(Cl)ccc2nc(N3CCC(C(=O)[O-])CC3)nc(Cc3ccc4c(c3)OCO4)c12.O.O.O.[Na+].[Na+]. The second kappa shape index (κ2) is 23.6. The summed E-state index contributed by atoms with van der Waals surface area (Å²) in [5.41, 5.74) is 18.4. The molecule has 0 spiro atoms. The van der Waals surface area contributed by atoms with Gasteiger partial charge < -0.3 is 76.4 Å². The summed E-state index contributed by atoms with van der Waals surface area (Å²) in [6, 6.07) is 18.7. The fraction of sp³-hybridized carbons (Fsp3) is 0.318. The van der Waals surface area contributed by atoms with E-state index in [0.717, 1.165) is 44.8 Å². The van der Waals surface area contributed by atoms with E-state index in [9.17, 15) is 19.8 Å². The number of rotatable bonds is 8. The Balaban J connectivity index is 0.000000272. The number of anilines is 4. The molecule has 344 valence electrons. The van der Waals surface area contributed by atoms with E-state index < -0.39 is 23.8 Å². The standard InChI is InChI=1S/2C22H21ClN4O4.2Na.3H2O/c2*23-14-2-3-15-19(20(14)24)16(9-12-1-4-17-18(10-12)31-11-30-17)26-22(25-15)27-7-5-13(6-8-27)21(28)29;;;;;/h2*1-4,10,13H,5-9,11,24H2,(H,28,29);;;3*1H2/q;;2*+1;;;/p-2. The molecule has 2 saturated heterocycles. The Morgan fingerprint density at radius 2 is 0.925 bits per heavy atom. The number of ether oxygens (including phenoxy) is 4. The Hall–Kier alpha value is -4.64. The van der Waals surface area contributed by atoms with Gasteiger partial charge in [-0.15, -0.1) is 0 Å². The van der Waals surface area contributed by atoms with E-state index in [-0.39, 0.29) is 89.1 Å². The Bertz CT molecular complexity index is 2560. The molecule has 2 fully saturated rings. The third kappa shape index (κ3) is 11.8. The van der Waals surface area contributed by atoms with Crippen LogP contribution in [0.3, 0.4) is 0 Å². The molecule has 2 aromatic heterocycles. The molecular weight excluding hydrogens is 933 g/mol. The number of nitrogens with zero attached hydrogens (tertiary/aromatic N) is 6. The van der Waals surface area contributed by atoms with Crippen LogP contribution in [0.1, 0.15) is 48.2 Å². The molecule has 0 radical (unpaired) electrons. The van der Waals surface area contributed by atoms with Gasteiger partial charge in [-0.05, 0) is 85.3 Å². The molecule has 0 bridgehead atoms. The number of carbonyl (C=O) groups excluding carboxylic acids is 2. The maximum atomic E-state index is 11.2. The summed E-state index contributed by atoms with van der Waals surface area (Å²) in [6.07, 6.45) is 3.02. The fourth-order valence-electron chi connectivity index (χ4n) is 8.23. The molecule has 0 saturated carbocycles. The number of hydrogen-bond acceptors (Lipinski definition) is 16. The van der Waals surface area contributed by atoms with Crippen molar-refractivity contribution in [3.05, 3.63) is 93.2 Å². The largest absolute Gasteiger partial charge is 1.00 e. The molecule has 6 heterocycles. The fourth-order valence-corrected chi connectivity index (χ4v) is 8.55. The van der Waals surface area contributed by atoms with Crippen LogP contribution in [0.25, 0.3) is 21.8 Å². The Morgan fingerprint density at radius 1 is 0.567 bits per heavy atom. The van der Waals surface area contributed by atoms with Crippen LogP contribution < -0.4 is 110 Å². The van der Waals surface area contributed by atoms with Crippen LogP contribution in [-0.2, 0) is 22.4 Å². The van der Waals surface area contributed by atoms with Crippen molar-refractivity contribution in [2.24, 2.45) is 11.8 Å². The quantitative estimate of drug-likeness (QED) is 0.108. The van der Waals surface area contributed by atoms with Crippen molar-refractivity contribution in [3.8, 4) is 23.0 Å². The number of aromatic nitrogens is 4. The van der Waals surface area contributed by atoms with E-state index in [1.165, 1.54) is 0 Å². The molecule has 19 nitrogen and oxygen atoms in total. The van der Waals surface area contributed by atoms with Crippen LogP contribution in [0.2, 0.25) is 10.0 Å². The van der Waals surface area contributed by atoms with Crippen molar-refractivity contribution in [1.29, 1.82) is 0 Å². The summed E-state index contributed by atoms with van der Waals surface area (Å²) < 4.78 is 21.8. The molecule has 0 amide bonds. The van der Waals surface area contributed by atoms with Crippen molar-refractivity contribution in [3.63, 3.8) is 0 Å². The zero-order valence-electron chi connectivity index (χ0n) is 36.8. The molecule has 10 rings (SSSR count). The van der Waals surface area contributed by atoms with E-state index >= 15 is 0 Å². The summed E-state index contributed by atoms with van der Waals surface area (Å²) in [6.45, 7) is 2.63. The first-order valence-corrected chi connectivity index (χ1v) is 20.9. The summed E-state index contributed by atoms with van der Waals surface area (Å²) in [5.74, 6) is 1.10. The summed E-state index contributed by atoms with van der Waals surface area (Å²) >= 11 is 12.6. The zero-order valence-corrected chi connectivity index (χ0v) is 42.3. The van der Waals surface area contributed by atoms with Gasteiger partial charge in [0.2, 0.25) is 25.5 Å². The molecule has 10 N–H and O–H groups in total. The van der Waals surface area contributed by atoms with Gasteiger partial charge >= 0.3 is 59.1 Å². The second-order valence-corrected chi connectivity index (χ2v) is 16.4. The van der Waals surface area contributed by atoms with Gasteiger partial charge in [0, 0.05) is 73.6 Å². The van der Waals surface area contributed by atoms with Gasteiger partial charge in [-0.3, -0.25) is 0 Å². The first-order valence-electron chi connectivity index (χ1n) is 20.2. The molecule has 6 aromatic rings. The molecule has 0 aliphatic carbocycles. The maximum Gasteiger partial charge on any atom is 1.00 e. The van der Waals surface area contributed by atoms with Gasteiger partial charge in [-0.2, -0.15) is 0 Å². The van der Waals surface area contributed by atoms with Gasteiger partial charge in [0.1, 0.15) is 0 Å². The number of nitrogens with two attached hydrogens (primary N) is 2. The minimum absolute atomic E-state index is 0. The number of carboxylic acids is 2. The van der Waals surface area contributed by atoms with Crippen LogP contribution in [-0.4, -0.2) is 88.1 Å². The molecule has 0 atom stereocenters. The third-order valence-electron chi connectivity index (χ3n) is 11.7. The van der Waals surface area contributed by atoms with Crippen LogP contribution in [0, 0.1) is 11.8 Å². The number of fused-ring (bicyclic) bond motifs is 4. The number of carboxylic acid groups (broad SMARTS) is 2. The van der Waals surface area contributed by atoms with E-state index in [2.05, 4.69) is 0 Å². The summed E-state index contributed by atoms with van der Waals surface area (Å²) in [5, 5.41) is 24.7. The molecule has 4 aliphatic heterocycles. The maximum absolute atomic E-state index is 11.2. The minimum atomic E-state index is -0.995. The predicted molar refractivity (Wildman–Crippen MR) is 239 cm³/mol. The van der Waals surface area contributed by atoms with Gasteiger partial charge in [0.05, 0.1) is 43.8 Å². The van der Waals surface area contributed by atoms with Gasteiger partial charge in [-0.25, -0.2) is 19.9 Å². The van der Waals surface area contributed by atoms with Crippen LogP contribution in [0.15, 0.2) is 60.7 Å². The predicted octanol–water partition coefficient (Wildman–Crippen LogP) is -4.16. The normalized spacial score (nSPS) is 14.9. The number of aliphatic carboxylic acids is 2. The van der Waals surface area contributed by atoms with Gasteiger partial charge in [-0.1, -0.05) is 35.3 Å². The van der Waals surface area contributed by atoms with Gasteiger partial charge in [0.25, 0.3) is 0 Å². The number of benzene rings is 4. The van der Waals surface area contributed by atoms with E-state index in [1.54, 1.807) is 12.1 Å². The average molecular weight is 980 g/mol.